The van der Waals surface area contributed by atoms with Gasteiger partial charge in [-0.25, -0.2) is 0 Å². The van der Waals surface area contributed by atoms with E-state index in [-0.39, 0.29) is 5.78 Å². The lowest BCUT2D eigenvalue weighted by atomic mass is 10.0. The number of carboxylic acids is 1. The summed E-state index contributed by atoms with van der Waals surface area (Å²) in [5.74, 6) is -1.36. The molecule has 1 atom stereocenters. The van der Waals surface area contributed by atoms with Crippen LogP contribution in [0.15, 0.2) is 36.4 Å². The lowest BCUT2D eigenvalue weighted by molar-refractivity contribution is -0.139. The van der Waals surface area contributed by atoms with E-state index in [0.29, 0.717) is 24.2 Å². The SMILES string of the molecule is CCc1ccc(C(=O)c2ccc3n2CCCCC3C(=O)O)cc1. The number of aromatic nitrogens is 1. The highest BCUT2D eigenvalue weighted by atomic mass is 16.4. The molecular formula is C19H21NO3. The number of aryl methyl sites for hydroxylation is 1. The molecule has 3 rings (SSSR count). The molecule has 23 heavy (non-hydrogen) atoms. The maximum absolute atomic E-state index is 12.8. The predicted octanol–water partition coefficient (Wildman–Crippen LogP) is 3.63. The number of benzene rings is 1. The molecule has 4 nitrogen and oxygen atoms in total. The lowest BCUT2D eigenvalue weighted by Gasteiger charge is -2.13. The minimum atomic E-state index is -0.808. The van der Waals surface area contributed by atoms with Gasteiger partial charge in [-0.05, 0) is 37.0 Å². The van der Waals surface area contributed by atoms with Gasteiger partial charge < -0.3 is 9.67 Å². The highest BCUT2D eigenvalue weighted by Crippen LogP contribution is 2.29. The Morgan fingerprint density at radius 1 is 1.13 bits per heavy atom. The Bertz CT molecular complexity index is 728. The number of hydrogen-bond acceptors (Lipinski definition) is 2. The third-order valence-electron chi connectivity index (χ3n) is 4.65. The highest BCUT2D eigenvalue weighted by Gasteiger charge is 2.28. The van der Waals surface area contributed by atoms with Crippen LogP contribution in [0.5, 0.6) is 0 Å². The first-order valence-corrected chi connectivity index (χ1v) is 8.17. The van der Waals surface area contributed by atoms with Gasteiger partial charge in [-0.2, -0.15) is 0 Å². The smallest absolute Gasteiger partial charge is 0.312 e. The molecule has 2 aromatic rings. The zero-order valence-electron chi connectivity index (χ0n) is 13.3. The number of hydrogen-bond donors (Lipinski definition) is 1. The fourth-order valence-corrected chi connectivity index (χ4v) is 3.29. The second kappa shape index (κ2) is 6.41. The molecule has 0 bridgehead atoms. The Kier molecular flexibility index (Phi) is 4.33. The first-order valence-electron chi connectivity index (χ1n) is 8.17. The van der Waals surface area contributed by atoms with Crippen LogP contribution in [0.25, 0.3) is 0 Å². The van der Waals surface area contributed by atoms with Crippen molar-refractivity contribution in [1.29, 1.82) is 0 Å². The van der Waals surface area contributed by atoms with Gasteiger partial charge in [0.15, 0.2) is 0 Å². The Labute approximate surface area is 135 Å². The van der Waals surface area contributed by atoms with Crippen molar-refractivity contribution in [1.82, 2.24) is 4.57 Å². The minimum Gasteiger partial charge on any atom is -0.481 e. The number of carboxylic acid groups (broad SMARTS) is 1. The highest BCUT2D eigenvalue weighted by molar-refractivity contribution is 6.08. The predicted molar refractivity (Wildman–Crippen MR) is 87.9 cm³/mol. The van der Waals surface area contributed by atoms with Crippen molar-refractivity contribution in [3.8, 4) is 0 Å². The van der Waals surface area contributed by atoms with Gasteiger partial charge in [0, 0.05) is 17.8 Å². The maximum Gasteiger partial charge on any atom is 0.312 e. The van der Waals surface area contributed by atoms with Gasteiger partial charge in [-0.15, -0.1) is 0 Å². The number of fused-ring (bicyclic) bond motifs is 1. The van der Waals surface area contributed by atoms with Crippen molar-refractivity contribution in [2.45, 2.75) is 45.1 Å². The summed E-state index contributed by atoms with van der Waals surface area (Å²) in [6.45, 7) is 2.79. The molecule has 0 spiro atoms. The van der Waals surface area contributed by atoms with Crippen LogP contribution in [0, 0.1) is 0 Å². The molecule has 0 fully saturated rings. The molecule has 0 saturated heterocycles. The largest absolute Gasteiger partial charge is 0.481 e. The van der Waals surface area contributed by atoms with E-state index in [1.165, 1.54) is 5.56 Å². The molecule has 1 aliphatic rings. The number of nitrogens with zero attached hydrogens (tertiary/aromatic N) is 1. The number of carbonyl (C=O) groups is 2. The zero-order chi connectivity index (χ0) is 16.4. The van der Waals surface area contributed by atoms with E-state index in [4.69, 9.17) is 0 Å². The third kappa shape index (κ3) is 2.93. The van der Waals surface area contributed by atoms with Gasteiger partial charge in [0.2, 0.25) is 5.78 Å². The summed E-state index contributed by atoms with van der Waals surface area (Å²) in [5.41, 5.74) is 3.20. The quantitative estimate of drug-likeness (QED) is 0.877. The monoisotopic (exact) mass is 311 g/mol. The normalized spacial score (nSPS) is 17.3. The minimum absolute atomic E-state index is 0.0371. The van der Waals surface area contributed by atoms with Crippen LogP contribution in [0.3, 0.4) is 0 Å². The molecule has 0 saturated carbocycles. The zero-order valence-corrected chi connectivity index (χ0v) is 13.3. The van der Waals surface area contributed by atoms with Crippen LogP contribution in [-0.4, -0.2) is 21.4 Å². The van der Waals surface area contributed by atoms with Gasteiger partial charge >= 0.3 is 5.97 Å². The van der Waals surface area contributed by atoms with E-state index in [2.05, 4.69) is 6.92 Å². The summed E-state index contributed by atoms with van der Waals surface area (Å²) >= 11 is 0. The Hall–Kier alpha value is -2.36. The third-order valence-corrected chi connectivity index (χ3v) is 4.65. The summed E-state index contributed by atoms with van der Waals surface area (Å²) in [7, 11) is 0. The second-order valence-electron chi connectivity index (χ2n) is 6.06. The van der Waals surface area contributed by atoms with Crippen molar-refractivity contribution in [2.24, 2.45) is 0 Å². The van der Waals surface area contributed by atoms with E-state index in [0.717, 1.165) is 25.0 Å². The maximum atomic E-state index is 12.8. The fraction of sp³-hybridized carbons (Fsp3) is 0.368. The molecule has 2 heterocycles. The Balaban J connectivity index is 1.97. The van der Waals surface area contributed by atoms with Crippen molar-refractivity contribution in [3.63, 3.8) is 0 Å². The van der Waals surface area contributed by atoms with Gasteiger partial charge in [0.05, 0.1) is 11.6 Å². The standard InChI is InChI=1S/C19H21NO3/c1-2-13-6-8-14(9-7-13)18(21)17-11-10-16-15(19(22)23)5-3-4-12-20(16)17/h6-11,15H,2-5,12H2,1H3,(H,22,23). The van der Waals surface area contributed by atoms with Crippen LogP contribution in [0.2, 0.25) is 0 Å². The number of rotatable bonds is 4. The fourth-order valence-electron chi connectivity index (χ4n) is 3.29. The first-order chi connectivity index (χ1) is 11.1. The van der Waals surface area contributed by atoms with Crippen molar-refractivity contribution < 1.29 is 14.7 Å². The van der Waals surface area contributed by atoms with Crippen molar-refractivity contribution in [2.75, 3.05) is 0 Å². The second-order valence-corrected chi connectivity index (χ2v) is 6.06. The van der Waals surface area contributed by atoms with Gasteiger partial charge in [0.25, 0.3) is 0 Å². The van der Waals surface area contributed by atoms with Crippen LogP contribution in [0.1, 0.15) is 59.4 Å². The average Bonchev–Trinajstić information content (AvgIpc) is 2.85. The lowest BCUT2D eigenvalue weighted by Crippen LogP contribution is -2.16. The van der Waals surface area contributed by atoms with E-state index >= 15 is 0 Å². The van der Waals surface area contributed by atoms with Gasteiger partial charge in [0.1, 0.15) is 0 Å². The summed E-state index contributed by atoms with van der Waals surface area (Å²) < 4.78 is 1.90. The molecule has 1 aromatic heterocycles. The molecule has 120 valence electrons. The summed E-state index contributed by atoms with van der Waals surface area (Å²) in [6, 6.07) is 11.2. The van der Waals surface area contributed by atoms with Gasteiger partial charge in [-0.1, -0.05) is 37.6 Å². The average molecular weight is 311 g/mol. The molecular weight excluding hydrogens is 290 g/mol. The van der Waals surface area contributed by atoms with Gasteiger partial charge in [-0.3, -0.25) is 9.59 Å². The van der Waals surface area contributed by atoms with E-state index < -0.39 is 11.9 Å². The van der Waals surface area contributed by atoms with Crippen molar-refractivity contribution >= 4 is 11.8 Å². The van der Waals surface area contributed by atoms with Crippen LogP contribution >= 0.6 is 0 Å². The summed E-state index contributed by atoms with van der Waals surface area (Å²) in [4.78, 5) is 24.3. The molecule has 0 amide bonds. The summed E-state index contributed by atoms with van der Waals surface area (Å²) in [6.07, 6.45) is 3.35. The molecule has 1 unspecified atom stereocenters. The number of ketones is 1. The van der Waals surface area contributed by atoms with Crippen LogP contribution in [0.4, 0.5) is 0 Å². The molecule has 1 aromatic carbocycles. The van der Waals surface area contributed by atoms with Crippen LogP contribution < -0.4 is 0 Å². The molecule has 1 aliphatic heterocycles. The van der Waals surface area contributed by atoms with E-state index in [9.17, 15) is 14.7 Å². The molecule has 4 heteroatoms. The molecule has 1 N–H and O–H groups in total. The van der Waals surface area contributed by atoms with E-state index in [1.807, 2.05) is 28.8 Å². The Morgan fingerprint density at radius 2 is 1.87 bits per heavy atom. The number of carbonyl (C=O) groups excluding carboxylic acids is 1. The van der Waals surface area contributed by atoms with Crippen LogP contribution in [-0.2, 0) is 17.8 Å². The Morgan fingerprint density at radius 3 is 2.52 bits per heavy atom. The summed E-state index contributed by atoms with van der Waals surface area (Å²) in [5, 5.41) is 9.43. The van der Waals surface area contributed by atoms with E-state index in [1.54, 1.807) is 12.1 Å². The molecule has 0 radical (unpaired) electrons. The first kappa shape index (κ1) is 15.5. The number of aliphatic carboxylic acids is 1. The topological polar surface area (TPSA) is 59.3 Å². The molecule has 0 aliphatic carbocycles. The van der Waals surface area contributed by atoms with Crippen molar-refractivity contribution in [3.05, 3.63) is 58.9 Å².